The van der Waals surface area contributed by atoms with Crippen LogP contribution in [0.4, 0.5) is 0 Å². The van der Waals surface area contributed by atoms with Crippen LogP contribution >= 0.6 is 15.9 Å². The van der Waals surface area contributed by atoms with Gasteiger partial charge in [-0.15, -0.1) is 0 Å². The molecular formula is C11H17BrN4O. The fraction of sp³-hybridized carbons (Fsp3) is 0.636. The Morgan fingerprint density at radius 2 is 2.24 bits per heavy atom. The first kappa shape index (κ1) is 12.6. The number of nitrogens with zero attached hydrogens (tertiary/aromatic N) is 3. The minimum Gasteiger partial charge on any atom is -0.337 e. The molecule has 1 aromatic heterocycles. The molecule has 17 heavy (non-hydrogen) atoms. The summed E-state index contributed by atoms with van der Waals surface area (Å²) < 4.78 is 2.37. The topological polar surface area (TPSA) is 64.2 Å². The largest absolute Gasteiger partial charge is 0.337 e. The maximum atomic E-state index is 12.3. The summed E-state index contributed by atoms with van der Waals surface area (Å²) in [6, 6.07) is 0. The third-order valence-corrected chi connectivity index (χ3v) is 3.91. The van der Waals surface area contributed by atoms with Crippen molar-refractivity contribution in [1.82, 2.24) is 14.7 Å². The van der Waals surface area contributed by atoms with Crippen LogP contribution in [0.5, 0.6) is 0 Å². The maximum absolute atomic E-state index is 12.3. The highest BCUT2D eigenvalue weighted by Gasteiger charge is 2.26. The summed E-state index contributed by atoms with van der Waals surface area (Å²) in [5.41, 5.74) is 6.26. The van der Waals surface area contributed by atoms with Crippen molar-refractivity contribution in [3.8, 4) is 0 Å². The number of carbonyl (C=O) groups excluding carboxylic acids is 1. The molecule has 0 spiro atoms. The molecule has 1 saturated heterocycles. The Kier molecular flexibility index (Phi) is 3.83. The molecule has 2 rings (SSSR count). The Hall–Kier alpha value is -0.880. The van der Waals surface area contributed by atoms with Crippen molar-refractivity contribution in [2.45, 2.75) is 12.8 Å². The molecule has 2 N–H and O–H groups in total. The first-order chi connectivity index (χ1) is 8.13. The van der Waals surface area contributed by atoms with Crippen molar-refractivity contribution in [2.75, 3.05) is 19.6 Å². The Bertz CT molecular complexity index is 390. The van der Waals surface area contributed by atoms with Gasteiger partial charge < -0.3 is 10.6 Å². The van der Waals surface area contributed by atoms with Gasteiger partial charge in [0.25, 0.3) is 5.91 Å². The molecule has 1 fully saturated rings. The molecule has 0 atom stereocenters. The molecule has 1 aromatic rings. The number of nitrogens with two attached hydrogens (primary N) is 1. The monoisotopic (exact) mass is 300 g/mol. The number of carbonyl (C=O) groups is 1. The minimum atomic E-state index is 0.0485. The Balaban J connectivity index is 2.07. The van der Waals surface area contributed by atoms with E-state index in [1.54, 1.807) is 17.9 Å². The number of halogens is 1. The Morgan fingerprint density at radius 1 is 1.59 bits per heavy atom. The molecule has 0 aliphatic carbocycles. The number of rotatable bonds is 2. The molecule has 94 valence electrons. The van der Waals surface area contributed by atoms with Crippen molar-refractivity contribution in [2.24, 2.45) is 18.7 Å². The number of aryl methyl sites for hydroxylation is 1. The van der Waals surface area contributed by atoms with Gasteiger partial charge in [-0.05, 0) is 41.2 Å². The molecule has 0 saturated carbocycles. The Morgan fingerprint density at radius 3 is 2.71 bits per heavy atom. The molecule has 1 aliphatic rings. The average Bonchev–Trinajstić information content (AvgIpc) is 2.68. The molecule has 0 bridgehead atoms. The minimum absolute atomic E-state index is 0.0485. The van der Waals surface area contributed by atoms with Crippen LogP contribution in [0.15, 0.2) is 10.7 Å². The maximum Gasteiger partial charge on any atom is 0.273 e. The van der Waals surface area contributed by atoms with E-state index in [0.717, 1.165) is 36.9 Å². The number of aromatic nitrogens is 2. The van der Waals surface area contributed by atoms with Crippen LogP contribution in [-0.4, -0.2) is 40.2 Å². The number of piperidine rings is 1. The van der Waals surface area contributed by atoms with Gasteiger partial charge in [0.1, 0.15) is 5.69 Å². The van der Waals surface area contributed by atoms with E-state index in [2.05, 4.69) is 21.0 Å². The molecule has 1 aliphatic heterocycles. The molecule has 0 unspecified atom stereocenters. The quantitative estimate of drug-likeness (QED) is 0.886. The fourth-order valence-electron chi connectivity index (χ4n) is 2.17. The molecule has 1 amide bonds. The summed E-state index contributed by atoms with van der Waals surface area (Å²) in [6.07, 6.45) is 3.65. The summed E-state index contributed by atoms with van der Waals surface area (Å²) in [5, 5.41) is 4.07. The van der Waals surface area contributed by atoms with Gasteiger partial charge in [-0.1, -0.05) is 0 Å². The van der Waals surface area contributed by atoms with E-state index in [1.165, 1.54) is 0 Å². The van der Waals surface area contributed by atoms with Gasteiger partial charge >= 0.3 is 0 Å². The average molecular weight is 301 g/mol. The number of hydrogen-bond acceptors (Lipinski definition) is 3. The Labute approximate surface area is 109 Å². The van der Waals surface area contributed by atoms with E-state index in [-0.39, 0.29) is 5.91 Å². The molecular weight excluding hydrogens is 284 g/mol. The third kappa shape index (κ3) is 2.52. The second-order valence-electron chi connectivity index (χ2n) is 4.44. The van der Waals surface area contributed by atoms with Crippen molar-refractivity contribution in [3.63, 3.8) is 0 Å². The van der Waals surface area contributed by atoms with E-state index >= 15 is 0 Å². The van der Waals surface area contributed by atoms with Gasteiger partial charge in [0.05, 0.1) is 10.7 Å². The fourth-order valence-corrected chi connectivity index (χ4v) is 2.69. The highest BCUT2D eigenvalue weighted by atomic mass is 79.9. The van der Waals surface area contributed by atoms with E-state index in [0.29, 0.717) is 11.6 Å². The van der Waals surface area contributed by atoms with Gasteiger partial charge in [-0.25, -0.2) is 0 Å². The van der Waals surface area contributed by atoms with Crippen LogP contribution in [0.25, 0.3) is 0 Å². The predicted octanol–water partition coefficient (Wildman–Crippen LogP) is 0.994. The second-order valence-corrected chi connectivity index (χ2v) is 5.29. The lowest BCUT2D eigenvalue weighted by Gasteiger charge is -2.31. The predicted molar refractivity (Wildman–Crippen MR) is 68.6 cm³/mol. The summed E-state index contributed by atoms with van der Waals surface area (Å²) in [5.74, 6) is 0.612. The second kappa shape index (κ2) is 5.18. The van der Waals surface area contributed by atoms with Gasteiger partial charge in [0.2, 0.25) is 0 Å². The summed E-state index contributed by atoms with van der Waals surface area (Å²) in [7, 11) is 1.78. The molecule has 0 radical (unpaired) electrons. The summed E-state index contributed by atoms with van der Waals surface area (Å²) in [6.45, 7) is 2.30. The van der Waals surface area contributed by atoms with Crippen LogP contribution in [0, 0.1) is 5.92 Å². The van der Waals surface area contributed by atoms with E-state index in [9.17, 15) is 4.79 Å². The van der Waals surface area contributed by atoms with E-state index in [1.807, 2.05) is 4.90 Å². The molecule has 2 heterocycles. The standard InChI is InChI=1S/C11H17BrN4O/c1-15-10(9(12)7-14-15)11(17)16-4-2-8(6-13)3-5-16/h7-8H,2-6,13H2,1H3. The lowest BCUT2D eigenvalue weighted by molar-refractivity contribution is 0.0681. The van der Waals surface area contributed by atoms with E-state index < -0.39 is 0 Å². The zero-order valence-corrected chi connectivity index (χ0v) is 11.5. The van der Waals surface area contributed by atoms with Crippen molar-refractivity contribution >= 4 is 21.8 Å². The van der Waals surface area contributed by atoms with Gasteiger partial charge in [0, 0.05) is 20.1 Å². The zero-order chi connectivity index (χ0) is 12.4. The number of amides is 1. The highest BCUT2D eigenvalue weighted by molar-refractivity contribution is 9.10. The number of hydrogen-bond donors (Lipinski definition) is 1. The van der Waals surface area contributed by atoms with Gasteiger partial charge in [0.15, 0.2) is 0 Å². The van der Waals surface area contributed by atoms with Crippen molar-refractivity contribution < 1.29 is 4.79 Å². The first-order valence-corrected chi connectivity index (χ1v) is 6.59. The SMILES string of the molecule is Cn1ncc(Br)c1C(=O)N1CCC(CN)CC1. The van der Waals surface area contributed by atoms with Gasteiger partial charge in [-0.3, -0.25) is 9.48 Å². The van der Waals surface area contributed by atoms with Crippen LogP contribution in [0.2, 0.25) is 0 Å². The van der Waals surface area contributed by atoms with Crippen LogP contribution in [-0.2, 0) is 7.05 Å². The van der Waals surface area contributed by atoms with Crippen LogP contribution in [0.1, 0.15) is 23.3 Å². The highest BCUT2D eigenvalue weighted by Crippen LogP contribution is 2.21. The molecule has 5 nitrogen and oxygen atoms in total. The first-order valence-electron chi connectivity index (χ1n) is 5.80. The van der Waals surface area contributed by atoms with Crippen LogP contribution < -0.4 is 5.73 Å². The van der Waals surface area contributed by atoms with Gasteiger partial charge in [-0.2, -0.15) is 5.10 Å². The summed E-state index contributed by atoms with van der Waals surface area (Å²) in [4.78, 5) is 14.2. The lowest BCUT2D eigenvalue weighted by atomic mass is 9.97. The number of likely N-dealkylation sites (tertiary alicyclic amines) is 1. The van der Waals surface area contributed by atoms with E-state index in [4.69, 9.17) is 5.73 Å². The zero-order valence-electron chi connectivity index (χ0n) is 9.90. The smallest absolute Gasteiger partial charge is 0.273 e. The van der Waals surface area contributed by atoms with Crippen molar-refractivity contribution in [3.05, 3.63) is 16.4 Å². The normalized spacial score (nSPS) is 17.5. The molecule has 0 aromatic carbocycles. The third-order valence-electron chi connectivity index (χ3n) is 3.33. The van der Waals surface area contributed by atoms with Crippen molar-refractivity contribution in [1.29, 1.82) is 0 Å². The molecule has 6 heteroatoms. The summed E-state index contributed by atoms with van der Waals surface area (Å²) >= 11 is 3.36. The van der Waals surface area contributed by atoms with Crippen LogP contribution in [0.3, 0.4) is 0 Å². The lowest BCUT2D eigenvalue weighted by Crippen LogP contribution is -2.40.